The lowest BCUT2D eigenvalue weighted by molar-refractivity contribution is 0.0697. The Morgan fingerprint density at radius 2 is 2.25 bits per heavy atom. The number of carboxylic acids is 1. The molecule has 0 aromatic heterocycles. The van der Waals surface area contributed by atoms with Gasteiger partial charge in [0.2, 0.25) is 6.04 Å². The van der Waals surface area contributed by atoms with Crippen molar-refractivity contribution in [3.8, 4) is 0 Å². The van der Waals surface area contributed by atoms with E-state index < -0.39 is 5.97 Å². The summed E-state index contributed by atoms with van der Waals surface area (Å²) in [4.78, 5) is 17.0. The maximum Gasteiger partial charge on any atom is 0.337 e. The molecule has 4 nitrogen and oxygen atoms in total. The molecule has 20 heavy (non-hydrogen) atoms. The first-order valence-corrected chi connectivity index (χ1v) is 7.14. The smallest absolute Gasteiger partial charge is 0.337 e. The largest absolute Gasteiger partial charge is 0.478 e. The minimum Gasteiger partial charge on any atom is -0.478 e. The Balaban J connectivity index is 1.86. The average Bonchev–Trinajstić information content (AvgIpc) is 2.76. The van der Waals surface area contributed by atoms with E-state index >= 15 is 0 Å². The van der Waals surface area contributed by atoms with Crippen molar-refractivity contribution < 1.29 is 9.90 Å². The Labute approximate surface area is 122 Å². The van der Waals surface area contributed by atoms with Crippen molar-refractivity contribution >= 4 is 23.3 Å². The van der Waals surface area contributed by atoms with Crippen LogP contribution < -0.4 is 4.90 Å². The Kier molecular flexibility index (Phi) is 3.31. The van der Waals surface area contributed by atoms with Crippen molar-refractivity contribution in [2.45, 2.75) is 31.3 Å². The van der Waals surface area contributed by atoms with E-state index in [0.717, 1.165) is 31.5 Å². The molecule has 2 fully saturated rings. The number of aromatic carboxylic acids is 1. The fourth-order valence-corrected chi connectivity index (χ4v) is 3.70. The van der Waals surface area contributed by atoms with E-state index in [2.05, 4.69) is 9.74 Å². The maximum atomic E-state index is 11.0. The minimum atomic E-state index is -1.00. The van der Waals surface area contributed by atoms with Crippen molar-refractivity contribution in [2.24, 2.45) is 5.92 Å². The molecule has 3 rings (SSSR count). The molecule has 0 radical (unpaired) electrons. The SMILES string of the molecule is [C-]#[N+]C1CCC2CC1CN2c1ccc(C(=O)O)c(Cl)c1. The Morgan fingerprint density at radius 3 is 2.90 bits per heavy atom. The predicted octanol–water partition coefficient (Wildman–Crippen LogP) is 3.31. The summed E-state index contributed by atoms with van der Waals surface area (Å²) in [5.74, 6) is -0.570. The first-order valence-electron chi connectivity index (χ1n) is 6.76. The molecule has 5 heteroatoms. The summed E-state index contributed by atoms with van der Waals surface area (Å²) in [6, 6.07) is 5.73. The third kappa shape index (κ3) is 2.12. The molecule has 1 aromatic rings. The first kappa shape index (κ1) is 13.3. The van der Waals surface area contributed by atoms with Gasteiger partial charge in [0.05, 0.1) is 16.5 Å². The van der Waals surface area contributed by atoms with E-state index in [-0.39, 0.29) is 16.6 Å². The first-order chi connectivity index (χ1) is 9.60. The van der Waals surface area contributed by atoms with Crippen LogP contribution in [-0.2, 0) is 0 Å². The highest BCUT2D eigenvalue weighted by molar-refractivity contribution is 6.33. The number of halogens is 1. The zero-order valence-corrected chi connectivity index (χ0v) is 11.7. The number of anilines is 1. The van der Waals surface area contributed by atoms with Crippen LogP contribution in [0.15, 0.2) is 18.2 Å². The van der Waals surface area contributed by atoms with Gasteiger partial charge in [0.25, 0.3) is 0 Å². The lowest BCUT2D eigenvalue weighted by atomic mass is 9.86. The van der Waals surface area contributed by atoms with Crippen LogP contribution in [0, 0.1) is 12.5 Å². The third-order valence-electron chi connectivity index (χ3n) is 4.47. The number of benzene rings is 1. The third-order valence-corrected chi connectivity index (χ3v) is 4.78. The van der Waals surface area contributed by atoms with E-state index in [1.165, 1.54) is 0 Å². The topological polar surface area (TPSA) is 44.9 Å². The van der Waals surface area contributed by atoms with Gasteiger partial charge in [-0.1, -0.05) is 11.6 Å². The number of rotatable bonds is 2. The van der Waals surface area contributed by atoms with Gasteiger partial charge in [-0.3, -0.25) is 0 Å². The summed E-state index contributed by atoms with van der Waals surface area (Å²) in [5, 5.41) is 9.28. The molecule has 1 aliphatic heterocycles. The summed E-state index contributed by atoms with van der Waals surface area (Å²) in [6.07, 6.45) is 3.06. The minimum absolute atomic E-state index is 0.136. The van der Waals surface area contributed by atoms with Crippen molar-refractivity contribution in [3.63, 3.8) is 0 Å². The van der Waals surface area contributed by atoms with Gasteiger partial charge in [-0.15, -0.1) is 0 Å². The summed E-state index contributed by atoms with van der Waals surface area (Å²) in [5.41, 5.74) is 1.11. The van der Waals surface area contributed by atoms with Gasteiger partial charge in [-0.05, 0) is 31.0 Å². The van der Waals surface area contributed by atoms with Gasteiger partial charge in [-0.25, -0.2) is 11.4 Å². The number of carbonyl (C=O) groups is 1. The number of hydrogen-bond acceptors (Lipinski definition) is 2. The molecule has 1 aromatic carbocycles. The molecule has 1 N–H and O–H groups in total. The molecule has 1 aliphatic carbocycles. The lowest BCUT2D eigenvalue weighted by Crippen LogP contribution is -2.29. The fourth-order valence-electron chi connectivity index (χ4n) is 3.45. The van der Waals surface area contributed by atoms with Crippen LogP contribution in [0.1, 0.15) is 29.6 Å². The van der Waals surface area contributed by atoms with Crippen molar-refractivity contribution in [1.82, 2.24) is 0 Å². The summed E-state index contributed by atoms with van der Waals surface area (Å²) < 4.78 is 0. The second kappa shape index (κ2) is 4.99. The molecule has 3 atom stereocenters. The Morgan fingerprint density at radius 1 is 1.45 bits per heavy atom. The lowest BCUT2D eigenvalue weighted by Gasteiger charge is -2.26. The van der Waals surface area contributed by atoms with Crippen LogP contribution in [-0.4, -0.2) is 29.7 Å². The van der Waals surface area contributed by atoms with Crippen LogP contribution in [0.2, 0.25) is 5.02 Å². The zero-order valence-electron chi connectivity index (χ0n) is 10.9. The molecule has 1 saturated carbocycles. The number of nitrogens with zero attached hydrogens (tertiary/aromatic N) is 2. The normalized spacial score (nSPS) is 28.2. The van der Waals surface area contributed by atoms with E-state index in [1.54, 1.807) is 12.1 Å². The van der Waals surface area contributed by atoms with Crippen molar-refractivity contribution in [2.75, 3.05) is 11.4 Å². The molecule has 2 bridgehead atoms. The molecule has 1 saturated heterocycles. The van der Waals surface area contributed by atoms with Crippen LogP contribution in [0.4, 0.5) is 5.69 Å². The highest BCUT2D eigenvalue weighted by Crippen LogP contribution is 2.40. The van der Waals surface area contributed by atoms with E-state index in [9.17, 15) is 4.79 Å². The molecular weight excluding hydrogens is 276 g/mol. The second-order valence-electron chi connectivity index (χ2n) is 5.55. The maximum absolute atomic E-state index is 11.0. The van der Waals surface area contributed by atoms with Gasteiger partial charge in [0.1, 0.15) is 0 Å². The molecule has 1 heterocycles. The molecule has 3 unspecified atom stereocenters. The van der Waals surface area contributed by atoms with Crippen LogP contribution in [0.5, 0.6) is 0 Å². The van der Waals surface area contributed by atoms with Gasteiger partial charge in [0.15, 0.2) is 0 Å². The van der Waals surface area contributed by atoms with Gasteiger partial charge in [-0.2, -0.15) is 0 Å². The summed E-state index contributed by atoms with van der Waals surface area (Å²) >= 11 is 6.05. The van der Waals surface area contributed by atoms with Crippen LogP contribution in [0.25, 0.3) is 4.85 Å². The number of hydrogen-bond donors (Lipinski definition) is 1. The number of fused-ring (bicyclic) bond motifs is 2. The van der Waals surface area contributed by atoms with Crippen molar-refractivity contribution in [3.05, 3.63) is 40.2 Å². The molecule has 0 spiro atoms. The summed E-state index contributed by atoms with van der Waals surface area (Å²) in [7, 11) is 0. The van der Waals surface area contributed by atoms with Gasteiger partial charge in [0, 0.05) is 24.7 Å². The summed E-state index contributed by atoms with van der Waals surface area (Å²) in [6.45, 7) is 8.12. The quantitative estimate of drug-likeness (QED) is 0.850. The fraction of sp³-hybridized carbons (Fsp3) is 0.467. The van der Waals surface area contributed by atoms with E-state index in [0.29, 0.717) is 12.0 Å². The van der Waals surface area contributed by atoms with Crippen molar-refractivity contribution in [1.29, 1.82) is 0 Å². The molecular formula is C15H15ClN2O2. The average molecular weight is 291 g/mol. The Hall–Kier alpha value is -1.73. The number of carboxylic acid groups (broad SMARTS) is 1. The molecule has 104 valence electrons. The van der Waals surface area contributed by atoms with Crippen LogP contribution >= 0.6 is 11.6 Å². The standard InChI is InChI=1S/C15H15ClN2O2/c1-17-14-5-3-10-6-9(14)8-18(10)11-2-4-12(15(19)20)13(16)7-11/h2,4,7,9-10,14H,3,5-6,8H2,(H,19,20). The second-order valence-corrected chi connectivity index (χ2v) is 5.95. The molecule has 2 aliphatic rings. The zero-order chi connectivity index (χ0) is 14.3. The Bertz CT molecular complexity index is 596. The molecule has 0 amide bonds. The van der Waals surface area contributed by atoms with Gasteiger partial charge < -0.3 is 14.9 Å². The van der Waals surface area contributed by atoms with E-state index in [1.807, 2.05) is 6.07 Å². The highest BCUT2D eigenvalue weighted by Gasteiger charge is 2.44. The van der Waals surface area contributed by atoms with Gasteiger partial charge >= 0.3 is 5.97 Å². The van der Waals surface area contributed by atoms with Crippen LogP contribution in [0.3, 0.4) is 0 Å². The predicted molar refractivity (Wildman–Crippen MR) is 77.3 cm³/mol. The monoisotopic (exact) mass is 290 g/mol. The highest BCUT2D eigenvalue weighted by atomic mass is 35.5. The van der Waals surface area contributed by atoms with E-state index in [4.69, 9.17) is 23.3 Å².